The summed E-state index contributed by atoms with van der Waals surface area (Å²) in [5.74, 6) is -2.75. The number of carbonyl (C=O) groups is 3. The molecule has 0 heterocycles. The molecule has 0 atom stereocenters. The molecule has 6 nitrogen and oxygen atoms in total. The molecule has 0 aliphatic carbocycles. The number of hydrogen-bond acceptors (Lipinski definition) is 3. The number of nitrogens with zero attached hydrogens (tertiary/aromatic N) is 1. The normalized spacial score (nSPS) is 10.3. The second kappa shape index (κ2) is 5.99. The van der Waals surface area contributed by atoms with Crippen molar-refractivity contribution in [3.63, 3.8) is 0 Å². The third-order valence-electron chi connectivity index (χ3n) is 2.55. The van der Waals surface area contributed by atoms with E-state index in [0.717, 1.165) is 0 Å². The van der Waals surface area contributed by atoms with Crippen molar-refractivity contribution in [1.82, 2.24) is 4.90 Å². The van der Waals surface area contributed by atoms with Crippen LogP contribution in [0.5, 0.6) is 0 Å². The Morgan fingerprint density at radius 2 is 1.74 bits per heavy atom. The lowest BCUT2D eigenvalue weighted by Gasteiger charge is -2.25. The van der Waals surface area contributed by atoms with Gasteiger partial charge in [-0.25, -0.2) is 4.79 Å². The number of aliphatic carboxylic acids is 1. The Balaban J connectivity index is 3.05. The SMILES string of the molecule is CC(C)N(CC(=O)O)C(=O)c1cccc(C(=O)O)c1. The molecule has 1 rings (SSSR count). The molecule has 0 aromatic heterocycles. The fraction of sp³-hybridized carbons (Fsp3) is 0.308. The van der Waals surface area contributed by atoms with E-state index in [1.54, 1.807) is 13.8 Å². The van der Waals surface area contributed by atoms with E-state index in [9.17, 15) is 14.4 Å². The predicted molar refractivity (Wildman–Crippen MR) is 67.2 cm³/mol. The third kappa shape index (κ3) is 3.80. The van der Waals surface area contributed by atoms with Gasteiger partial charge in [0.05, 0.1) is 5.56 Å². The monoisotopic (exact) mass is 265 g/mol. The Bertz CT molecular complexity index is 510. The highest BCUT2D eigenvalue weighted by Gasteiger charge is 2.21. The Morgan fingerprint density at radius 1 is 1.16 bits per heavy atom. The molecule has 0 unspecified atom stereocenters. The van der Waals surface area contributed by atoms with Crippen molar-refractivity contribution < 1.29 is 24.6 Å². The summed E-state index contributed by atoms with van der Waals surface area (Å²) in [6, 6.07) is 5.23. The number of carboxylic acid groups (broad SMARTS) is 2. The average molecular weight is 265 g/mol. The highest BCUT2D eigenvalue weighted by atomic mass is 16.4. The number of amides is 1. The molecule has 0 radical (unpaired) electrons. The van der Waals surface area contributed by atoms with Crippen LogP contribution >= 0.6 is 0 Å². The molecule has 0 aliphatic heterocycles. The largest absolute Gasteiger partial charge is 0.480 e. The first kappa shape index (κ1) is 14.7. The van der Waals surface area contributed by atoms with Gasteiger partial charge in [0.2, 0.25) is 0 Å². The molecule has 19 heavy (non-hydrogen) atoms. The van der Waals surface area contributed by atoms with Gasteiger partial charge >= 0.3 is 11.9 Å². The van der Waals surface area contributed by atoms with Crippen LogP contribution in [0, 0.1) is 0 Å². The number of aromatic carboxylic acids is 1. The Kier molecular flexibility index (Phi) is 4.63. The van der Waals surface area contributed by atoms with Crippen LogP contribution in [0.2, 0.25) is 0 Å². The van der Waals surface area contributed by atoms with E-state index in [1.807, 2.05) is 0 Å². The number of hydrogen-bond donors (Lipinski definition) is 2. The quantitative estimate of drug-likeness (QED) is 0.837. The summed E-state index contributed by atoms with van der Waals surface area (Å²) in [5.41, 5.74) is 0.153. The topological polar surface area (TPSA) is 94.9 Å². The minimum Gasteiger partial charge on any atom is -0.480 e. The van der Waals surface area contributed by atoms with Crippen molar-refractivity contribution in [3.05, 3.63) is 35.4 Å². The minimum absolute atomic E-state index is 0.00937. The van der Waals surface area contributed by atoms with E-state index in [0.29, 0.717) is 0 Å². The number of carboxylic acids is 2. The van der Waals surface area contributed by atoms with E-state index in [2.05, 4.69) is 0 Å². The lowest BCUT2D eigenvalue weighted by molar-refractivity contribution is -0.138. The average Bonchev–Trinajstić information content (AvgIpc) is 2.34. The van der Waals surface area contributed by atoms with Crippen molar-refractivity contribution in [2.24, 2.45) is 0 Å². The molecule has 0 saturated carbocycles. The molecule has 6 heteroatoms. The van der Waals surface area contributed by atoms with Crippen molar-refractivity contribution >= 4 is 17.8 Å². The van der Waals surface area contributed by atoms with Crippen LogP contribution in [0.25, 0.3) is 0 Å². The highest BCUT2D eigenvalue weighted by Crippen LogP contribution is 2.11. The van der Waals surface area contributed by atoms with E-state index in [1.165, 1.54) is 29.2 Å². The standard InChI is InChI=1S/C13H15NO5/c1-8(2)14(7-11(15)16)12(17)9-4-3-5-10(6-9)13(18)19/h3-6,8H,7H2,1-2H3,(H,15,16)(H,18,19). The maximum Gasteiger partial charge on any atom is 0.335 e. The van der Waals surface area contributed by atoms with Crippen LogP contribution in [0.1, 0.15) is 34.6 Å². The zero-order valence-corrected chi connectivity index (χ0v) is 10.7. The number of rotatable bonds is 5. The van der Waals surface area contributed by atoms with Crippen LogP contribution in [0.15, 0.2) is 24.3 Å². The van der Waals surface area contributed by atoms with Gasteiger partial charge in [-0.15, -0.1) is 0 Å². The Morgan fingerprint density at radius 3 is 2.21 bits per heavy atom. The summed E-state index contributed by atoms with van der Waals surface area (Å²) in [6.07, 6.45) is 0. The molecule has 102 valence electrons. The van der Waals surface area contributed by atoms with Crippen LogP contribution in [0.3, 0.4) is 0 Å². The molecule has 0 fully saturated rings. The molecule has 0 spiro atoms. The number of benzene rings is 1. The van der Waals surface area contributed by atoms with Gasteiger partial charge in [-0.3, -0.25) is 9.59 Å². The molecule has 0 bridgehead atoms. The van der Waals surface area contributed by atoms with E-state index in [4.69, 9.17) is 10.2 Å². The second-order valence-corrected chi connectivity index (χ2v) is 4.31. The molecular formula is C13H15NO5. The summed E-state index contributed by atoms with van der Waals surface area (Å²) in [5, 5.41) is 17.6. The first-order valence-electron chi connectivity index (χ1n) is 5.69. The molecule has 0 aliphatic rings. The predicted octanol–water partition coefficient (Wildman–Crippen LogP) is 1.32. The van der Waals surface area contributed by atoms with Crippen molar-refractivity contribution in [3.8, 4) is 0 Å². The van der Waals surface area contributed by atoms with Crippen LogP contribution in [-0.4, -0.2) is 45.5 Å². The van der Waals surface area contributed by atoms with Gasteiger partial charge in [0.15, 0.2) is 0 Å². The Labute approximate surface area is 110 Å². The van der Waals surface area contributed by atoms with Gasteiger partial charge in [-0.1, -0.05) is 6.07 Å². The van der Waals surface area contributed by atoms with Crippen LogP contribution in [-0.2, 0) is 4.79 Å². The minimum atomic E-state index is -1.14. The maximum absolute atomic E-state index is 12.2. The molecule has 1 aromatic carbocycles. The summed E-state index contributed by atoms with van der Waals surface area (Å²) >= 11 is 0. The zero-order chi connectivity index (χ0) is 14.6. The van der Waals surface area contributed by atoms with E-state index in [-0.39, 0.29) is 17.2 Å². The molecular weight excluding hydrogens is 250 g/mol. The smallest absolute Gasteiger partial charge is 0.335 e. The van der Waals surface area contributed by atoms with E-state index >= 15 is 0 Å². The maximum atomic E-state index is 12.2. The Hall–Kier alpha value is -2.37. The second-order valence-electron chi connectivity index (χ2n) is 4.31. The van der Waals surface area contributed by atoms with Crippen LogP contribution < -0.4 is 0 Å². The molecule has 1 amide bonds. The summed E-state index contributed by atoms with van der Waals surface area (Å²) in [4.78, 5) is 34.9. The van der Waals surface area contributed by atoms with Gasteiger partial charge in [-0.2, -0.15) is 0 Å². The van der Waals surface area contributed by atoms with Crippen molar-refractivity contribution in [2.75, 3.05) is 6.54 Å². The van der Waals surface area contributed by atoms with Gasteiger partial charge < -0.3 is 15.1 Å². The lowest BCUT2D eigenvalue weighted by atomic mass is 10.1. The number of carbonyl (C=O) groups excluding carboxylic acids is 1. The summed E-state index contributed by atoms with van der Waals surface area (Å²) in [7, 11) is 0. The van der Waals surface area contributed by atoms with Crippen molar-refractivity contribution in [2.45, 2.75) is 19.9 Å². The van der Waals surface area contributed by atoms with E-state index < -0.39 is 24.4 Å². The molecule has 1 aromatic rings. The molecule has 0 saturated heterocycles. The zero-order valence-electron chi connectivity index (χ0n) is 10.7. The fourth-order valence-corrected chi connectivity index (χ4v) is 1.59. The summed E-state index contributed by atoms with van der Waals surface area (Å²) < 4.78 is 0. The fourth-order valence-electron chi connectivity index (χ4n) is 1.59. The third-order valence-corrected chi connectivity index (χ3v) is 2.55. The van der Waals surface area contributed by atoms with Gasteiger partial charge in [0.25, 0.3) is 5.91 Å². The summed E-state index contributed by atoms with van der Waals surface area (Å²) in [6.45, 7) is 2.97. The highest BCUT2D eigenvalue weighted by molar-refractivity contribution is 5.98. The van der Waals surface area contributed by atoms with Gasteiger partial charge in [0, 0.05) is 11.6 Å². The first-order chi connectivity index (χ1) is 8.82. The molecule has 2 N–H and O–H groups in total. The first-order valence-corrected chi connectivity index (χ1v) is 5.69. The van der Waals surface area contributed by atoms with Gasteiger partial charge in [-0.05, 0) is 32.0 Å². The van der Waals surface area contributed by atoms with Crippen molar-refractivity contribution in [1.29, 1.82) is 0 Å². The lowest BCUT2D eigenvalue weighted by Crippen LogP contribution is -2.40. The van der Waals surface area contributed by atoms with Crippen LogP contribution in [0.4, 0.5) is 0 Å². The van der Waals surface area contributed by atoms with Gasteiger partial charge in [0.1, 0.15) is 6.54 Å².